The second-order valence-corrected chi connectivity index (χ2v) is 20.6. The van der Waals surface area contributed by atoms with Gasteiger partial charge in [-0.05, 0) is 48.0 Å². The smallest absolute Gasteiger partial charge is 0.154 e. The number of hydrogen-bond donors (Lipinski definition) is 0. The fraction of sp³-hybridized carbons (Fsp3) is 0.966. The summed E-state index contributed by atoms with van der Waals surface area (Å²) in [4.78, 5) is 0. The lowest BCUT2D eigenvalue weighted by molar-refractivity contribution is -0.0644. The van der Waals surface area contributed by atoms with Gasteiger partial charge in [-0.3, -0.25) is 0 Å². The van der Waals surface area contributed by atoms with Crippen molar-refractivity contribution in [3.05, 3.63) is 12.7 Å². The van der Waals surface area contributed by atoms with Crippen LogP contribution in [0.15, 0.2) is 12.7 Å². The molecule has 0 aromatic rings. The minimum atomic E-state index is -1.05. The molecule has 0 aromatic carbocycles. The highest BCUT2D eigenvalue weighted by Crippen LogP contribution is 2.31. The third-order valence-corrected chi connectivity index (χ3v) is 14.6. The van der Waals surface area contributed by atoms with Crippen molar-refractivity contribution in [1.82, 2.24) is 0 Å². The lowest BCUT2D eigenvalue weighted by Gasteiger charge is -2.22. The van der Waals surface area contributed by atoms with Gasteiger partial charge in [-0.25, -0.2) is 8.78 Å². The largest absolute Gasteiger partial charge is 0.382 e. The third-order valence-electron chi connectivity index (χ3n) is 14.6. The molecule has 0 radical (unpaired) electrons. The minimum Gasteiger partial charge on any atom is -0.382 e. The van der Waals surface area contributed by atoms with Gasteiger partial charge in [0.1, 0.15) is 97.7 Å². The average molecular weight is 1220 g/mol. The van der Waals surface area contributed by atoms with Gasteiger partial charge in [0.2, 0.25) is 0 Å². The van der Waals surface area contributed by atoms with Gasteiger partial charge in [0.15, 0.2) is 12.3 Å². The molecule has 0 aromatic heterocycles. The van der Waals surface area contributed by atoms with E-state index in [1.54, 1.807) is 105 Å². The number of ether oxygens (including phenoxy) is 23. The Labute approximate surface area is 496 Å². The van der Waals surface area contributed by atoms with Crippen molar-refractivity contribution in [2.75, 3.05) is 166 Å². The van der Waals surface area contributed by atoms with Crippen molar-refractivity contribution in [1.29, 1.82) is 0 Å². The molecule has 0 bridgehead atoms. The zero-order chi connectivity index (χ0) is 62.6. The number of hydrogen-bond acceptors (Lipinski definition) is 23. The monoisotopic (exact) mass is 1210 g/mol. The Morgan fingerprint density at radius 2 is 0.566 bits per heavy atom. The topological polar surface area (TPSA) is 212 Å². The Balaban J connectivity index is 0.000000500. The number of rotatable bonds is 29. The summed E-state index contributed by atoms with van der Waals surface area (Å²) in [7, 11) is 22.7. The molecular weight excluding hydrogens is 1100 g/mol. The molecule has 25 heteroatoms. The summed E-state index contributed by atoms with van der Waals surface area (Å²) < 4.78 is 149. The van der Waals surface area contributed by atoms with E-state index in [2.05, 4.69) is 13.5 Å². The maximum Gasteiger partial charge on any atom is 0.154 e. The standard InChI is InChI=1S/C11H22O5.C11H22O4.C11H20O4.C9H18O4.2C8H15FO3/c1-8-10(15-6-5-12-2)11(14-4)9(16-8)7-13-3;2*1-5-6-14-10-8(2)15-9(7-12-3)11(10)13-4;1-6-8(11-3)9(12-4)7(13-6)5-10-2;2*1-5-7(9)8(11-3)6(12-5)4-10-2/h8-11H,5-7H2,1-4H3;8-11H,5-7H2,1-4H3;5,8-11H,1,6-7H2,2-4H3;6-9H,5H2,1-4H3;2*5-8H,4H2,1-3H3/t3*8-,9+,10+,11?;6-,7+,8+,9?;5-,6+,7+,8?;5-,6+,7-,8?/m000000/s1. The number of alkyl halides is 2. The van der Waals surface area contributed by atoms with E-state index in [0.29, 0.717) is 59.5 Å². The van der Waals surface area contributed by atoms with Crippen molar-refractivity contribution >= 4 is 0 Å². The predicted molar refractivity (Wildman–Crippen MR) is 304 cm³/mol. The molecule has 23 nitrogen and oxygen atoms in total. The molecule has 6 aliphatic rings. The van der Waals surface area contributed by atoms with E-state index in [0.717, 1.165) is 13.0 Å². The summed E-state index contributed by atoms with van der Waals surface area (Å²) >= 11 is 0. The zero-order valence-electron chi connectivity index (χ0n) is 54.1. The molecule has 24 atom stereocenters. The van der Waals surface area contributed by atoms with Crippen molar-refractivity contribution in [2.45, 2.75) is 202 Å². The first-order chi connectivity index (χ1) is 39.9. The van der Waals surface area contributed by atoms with Gasteiger partial charge in [-0.15, -0.1) is 6.58 Å². The highest BCUT2D eigenvalue weighted by atomic mass is 19.1. The van der Waals surface area contributed by atoms with Crippen LogP contribution in [0.2, 0.25) is 0 Å². The van der Waals surface area contributed by atoms with Gasteiger partial charge >= 0.3 is 0 Å². The van der Waals surface area contributed by atoms with Gasteiger partial charge in [0, 0.05) is 106 Å². The first-order valence-electron chi connectivity index (χ1n) is 28.7. The van der Waals surface area contributed by atoms with E-state index in [4.69, 9.17) is 109 Å². The third kappa shape index (κ3) is 25.6. The summed E-state index contributed by atoms with van der Waals surface area (Å²) in [6.07, 6.45) is -1.90. The SMILES string of the molecule is C=CCO[C@H]1C(OC)[C@@H](COC)O[C@H]1C.CCCO[C@H]1C(OC)[C@@H](COC)O[C@H]1C.COCCO[C@H]1C(OC)[C@@H](COC)O[C@H]1C.COC[C@H]1O[C@@H](C)[C@@H](F)C1OC.COC[C@H]1O[C@@H](C)[C@@H](OC)C1OC.COC[C@H]1O[C@@H](C)[C@H](F)C1OC. The molecule has 83 heavy (non-hydrogen) atoms. The predicted octanol–water partition coefficient (Wildman–Crippen LogP) is 4.70. The summed E-state index contributed by atoms with van der Waals surface area (Å²) in [5, 5.41) is 0. The van der Waals surface area contributed by atoms with Crippen LogP contribution in [0, 0.1) is 0 Å². The zero-order valence-corrected chi connectivity index (χ0v) is 54.1. The van der Waals surface area contributed by atoms with Gasteiger partial charge in [-0.2, -0.15) is 0 Å². The lowest BCUT2D eigenvalue weighted by Crippen LogP contribution is -2.38. The van der Waals surface area contributed by atoms with Gasteiger partial charge in [-0.1, -0.05) is 13.0 Å². The van der Waals surface area contributed by atoms with Crippen molar-refractivity contribution < 1.29 is 118 Å². The van der Waals surface area contributed by atoms with Crippen LogP contribution in [0.25, 0.3) is 0 Å². The highest BCUT2D eigenvalue weighted by Gasteiger charge is 2.47. The first kappa shape index (κ1) is 79.7. The van der Waals surface area contributed by atoms with Crippen LogP contribution < -0.4 is 0 Å². The Bertz CT molecular complexity index is 1520. The Hall–Kier alpha value is -1.32. The molecule has 496 valence electrons. The first-order valence-corrected chi connectivity index (χ1v) is 28.7. The molecule has 6 heterocycles. The van der Waals surface area contributed by atoms with Crippen LogP contribution in [0.3, 0.4) is 0 Å². The molecule has 0 saturated carbocycles. The maximum absolute atomic E-state index is 13.2. The summed E-state index contributed by atoms with van der Waals surface area (Å²) in [5.74, 6) is 0. The van der Waals surface area contributed by atoms with E-state index in [1.807, 2.05) is 27.7 Å². The van der Waals surface area contributed by atoms with E-state index in [-0.39, 0.29) is 110 Å². The molecule has 6 fully saturated rings. The fourth-order valence-electron chi connectivity index (χ4n) is 10.7. The Morgan fingerprint density at radius 3 is 0.831 bits per heavy atom. The van der Waals surface area contributed by atoms with Gasteiger partial charge < -0.3 is 109 Å². The number of methoxy groups -OCH3 is 14. The van der Waals surface area contributed by atoms with Crippen LogP contribution in [0.1, 0.15) is 54.9 Å². The number of halogens is 2. The molecular formula is C58H112F2O23. The molecule has 6 saturated heterocycles. The summed E-state index contributed by atoms with van der Waals surface area (Å²) in [5.41, 5.74) is 0. The van der Waals surface area contributed by atoms with Crippen molar-refractivity contribution in [3.8, 4) is 0 Å². The highest BCUT2D eigenvalue weighted by molar-refractivity contribution is 4.95. The lowest BCUT2D eigenvalue weighted by atomic mass is 10.1. The van der Waals surface area contributed by atoms with Crippen molar-refractivity contribution in [2.24, 2.45) is 0 Å². The average Bonchev–Trinajstić information content (AvgIpc) is 4.32. The Morgan fingerprint density at radius 1 is 0.313 bits per heavy atom. The second kappa shape index (κ2) is 45.9. The Kier molecular flexibility index (Phi) is 44.0. The minimum absolute atomic E-state index is 0.00477. The molecule has 0 amide bonds. The molecule has 6 aliphatic heterocycles. The van der Waals surface area contributed by atoms with Crippen LogP contribution in [0.4, 0.5) is 8.78 Å². The fourth-order valence-corrected chi connectivity index (χ4v) is 10.7. The van der Waals surface area contributed by atoms with E-state index >= 15 is 0 Å². The van der Waals surface area contributed by atoms with Crippen LogP contribution >= 0.6 is 0 Å². The van der Waals surface area contributed by atoms with Crippen LogP contribution in [-0.2, 0) is 109 Å². The van der Waals surface area contributed by atoms with Crippen LogP contribution in [-0.4, -0.2) is 312 Å². The summed E-state index contributed by atoms with van der Waals surface area (Å²) in [6, 6.07) is 0. The maximum atomic E-state index is 13.2. The normalized spacial score (nSPS) is 38.0. The molecule has 0 spiro atoms. The molecule has 0 aliphatic carbocycles. The van der Waals surface area contributed by atoms with Gasteiger partial charge in [0.05, 0.1) is 96.1 Å². The van der Waals surface area contributed by atoms with Crippen LogP contribution in [0.5, 0.6) is 0 Å². The molecule has 6 rings (SSSR count). The summed E-state index contributed by atoms with van der Waals surface area (Å²) in [6.45, 7) is 22.4. The van der Waals surface area contributed by atoms with E-state index < -0.39 is 36.8 Å². The van der Waals surface area contributed by atoms with Gasteiger partial charge in [0.25, 0.3) is 0 Å². The second-order valence-electron chi connectivity index (χ2n) is 20.6. The van der Waals surface area contributed by atoms with E-state index in [9.17, 15) is 8.78 Å². The van der Waals surface area contributed by atoms with E-state index in [1.165, 1.54) is 14.2 Å². The molecule has 6 unspecified atom stereocenters. The quantitative estimate of drug-likeness (QED) is 0.0734. The van der Waals surface area contributed by atoms with Crippen molar-refractivity contribution in [3.63, 3.8) is 0 Å². The molecule has 0 N–H and O–H groups in total.